The normalized spacial score (nSPS) is 21.1. The van der Waals surface area contributed by atoms with Gasteiger partial charge in [-0.25, -0.2) is 9.18 Å². The van der Waals surface area contributed by atoms with Crippen LogP contribution in [0, 0.1) is 11.7 Å². The van der Waals surface area contributed by atoms with Crippen molar-refractivity contribution in [1.82, 2.24) is 14.0 Å². The molecule has 0 N–H and O–H groups in total. The topological polar surface area (TPSA) is 95.2 Å². The molecule has 11 heteroatoms. The van der Waals surface area contributed by atoms with Gasteiger partial charge in [-0.15, -0.1) is 0 Å². The highest BCUT2D eigenvalue weighted by atomic mass is 19.1. The fraction of sp³-hybridized carbons (Fsp3) is 0.483. The van der Waals surface area contributed by atoms with Crippen molar-refractivity contribution in [2.45, 2.75) is 44.6 Å². The number of imidazole rings is 1. The Morgan fingerprint density at radius 1 is 0.975 bits per heavy atom. The summed E-state index contributed by atoms with van der Waals surface area (Å²) in [6.45, 7) is 2.60. The standard InChI is InChI=1S/C29H33FN4O6/c1-31-26-22(8-7-21(25(26)30)32-13-11-19(12-14-32)28-39-15-16-40-28)34(29(31)37)23-9-10-24(35)33(27(23)36)17-18-3-5-20(38-2)6-4-18/h3-8,19,23,28H,9-17H2,1-2H3. The highest BCUT2D eigenvalue weighted by Crippen LogP contribution is 2.34. The summed E-state index contributed by atoms with van der Waals surface area (Å²) in [7, 11) is 3.08. The zero-order valence-electron chi connectivity index (χ0n) is 22.7. The van der Waals surface area contributed by atoms with Crippen molar-refractivity contribution in [3.05, 3.63) is 58.3 Å². The molecule has 3 saturated heterocycles. The van der Waals surface area contributed by atoms with Gasteiger partial charge in [0.25, 0.3) is 5.91 Å². The number of likely N-dealkylation sites (tertiary alicyclic amines) is 1. The van der Waals surface area contributed by atoms with Gasteiger partial charge in [0.15, 0.2) is 12.1 Å². The van der Waals surface area contributed by atoms with Crippen LogP contribution >= 0.6 is 0 Å². The summed E-state index contributed by atoms with van der Waals surface area (Å²) in [6.07, 6.45) is 1.73. The lowest BCUT2D eigenvalue weighted by molar-refractivity contribution is -0.151. The van der Waals surface area contributed by atoms with E-state index in [0.717, 1.165) is 18.4 Å². The first-order valence-electron chi connectivity index (χ1n) is 13.7. The Bertz CT molecular complexity index is 1480. The molecule has 3 aliphatic heterocycles. The van der Waals surface area contributed by atoms with Crippen LogP contribution in [0.25, 0.3) is 11.0 Å². The van der Waals surface area contributed by atoms with Crippen molar-refractivity contribution in [2.24, 2.45) is 13.0 Å². The number of nitrogens with zero attached hydrogens (tertiary/aromatic N) is 4. The van der Waals surface area contributed by atoms with Gasteiger partial charge in [-0.3, -0.25) is 23.6 Å². The van der Waals surface area contributed by atoms with Crippen LogP contribution in [0.5, 0.6) is 5.75 Å². The molecule has 212 valence electrons. The van der Waals surface area contributed by atoms with Crippen molar-refractivity contribution >= 4 is 28.5 Å². The third-order valence-corrected chi connectivity index (χ3v) is 8.37. The second-order valence-corrected chi connectivity index (χ2v) is 10.6. The maximum absolute atomic E-state index is 16.0. The number of amides is 2. The molecule has 4 heterocycles. The first kappa shape index (κ1) is 26.5. The van der Waals surface area contributed by atoms with Crippen LogP contribution in [0.1, 0.15) is 37.3 Å². The van der Waals surface area contributed by atoms with Gasteiger partial charge in [0.05, 0.1) is 38.1 Å². The maximum atomic E-state index is 16.0. The summed E-state index contributed by atoms with van der Waals surface area (Å²) in [5.41, 5.74) is 1.20. The van der Waals surface area contributed by atoms with Crippen LogP contribution in [-0.4, -0.2) is 65.6 Å². The van der Waals surface area contributed by atoms with Crippen LogP contribution in [0.2, 0.25) is 0 Å². The Morgan fingerprint density at radius 2 is 1.68 bits per heavy atom. The monoisotopic (exact) mass is 552 g/mol. The molecule has 0 saturated carbocycles. The van der Waals surface area contributed by atoms with Gasteiger partial charge < -0.3 is 19.1 Å². The molecule has 1 atom stereocenters. The first-order chi connectivity index (χ1) is 19.4. The van der Waals surface area contributed by atoms with Gasteiger partial charge in [-0.1, -0.05) is 12.1 Å². The lowest BCUT2D eigenvalue weighted by Gasteiger charge is -2.35. The summed E-state index contributed by atoms with van der Waals surface area (Å²) in [5.74, 6) is -0.308. The number of carbonyl (C=O) groups excluding carboxylic acids is 2. The number of imide groups is 1. The molecule has 2 amide bonds. The molecular weight excluding hydrogens is 519 g/mol. The van der Waals surface area contributed by atoms with Crippen molar-refractivity contribution in [1.29, 1.82) is 0 Å². The van der Waals surface area contributed by atoms with E-state index in [1.807, 2.05) is 4.90 Å². The Hall–Kier alpha value is -3.70. The smallest absolute Gasteiger partial charge is 0.329 e. The Labute approximate surface area is 230 Å². The summed E-state index contributed by atoms with van der Waals surface area (Å²) in [4.78, 5) is 43.0. The molecule has 10 nitrogen and oxygen atoms in total. The van der Waals surface area contributed by atoms with E-state index in [9.17, 15) is 14.4 Å². The van der Waals surface area contributed by atoms with E-state index in [2.05, 4.69) is 0 Å². The van der Waals surface area contributed by atoms with Crippen molar-refractivity contribution in [2.75, 3.05) is 38.3 Å². The third-order valence-electron chi connectivity index (χ3n) is 8.37. The predicted octanol–water partition coefficient (Wildman–Crippen LogP) is 2.97. The SMILES string of the molecule is COc1ccc(CN2C(=O)CCC(n3c(=O)n(C)c4c(F)c(N5CCC(C6OCCO6)CC5)ccc43)C2=O)cc1. The maximum Gasteiger partial charge on any atom is 0.329 e. The fourth-order valence-corrected chi connectivity index (χ4v) is 6.16. The number of aromatic nitrogens is 2. The quantitative estimate of drug-likeness (QED) is 0.434. The van der Waals surface area contributed by atoms with Crippen LogP contribution in [-0.2, 0) is 32.7 Å². The molecule has 3 aromatic rings. The van der Waals surface area contributed by atoms with E-state index in [1.54, 1.807) is 43.5 Å². The van der Waals surface area contributed by atoms with Crippen molar-refractivity contribution in [3.63, 3.8) is 0 Å². The molecule has 0 bridgehead atoms. The van der Waals surface area contributed by atoms with Gasteiger partial charge in [-0.2, -0.15) is 0 Å². The highest BCUT2D eigenvalue weighted by molar-refractivity contribution is 6.00. The number of carbonyl (C=O) groups is 2. The molecular formula is C29H33FN4O6. The zero-order chi connectivity index (χ0) is 28.0. The van der Waals surface area contributed by atoms with E-state index < -0.39 is 23.5 Å². The predicted molar refractivity (Wildman–Crippen MR) is 145 cm³/mol. The van der Waals surface area contributed by atoms with Gasteiger partial charge in [0.2, 0.25) is 5.91 Å². The van der Waals surface area contributed by atoms with Crippen molar-refractivity contribution in [3.8, 4) is 5.75 Å². The number of rotatable bonds is 6. The van der Waals surface area contributed by atoms with E-state index >= 15 is 4.39 Å². The fourth-order valence-electron chi connectivity index (χ4n) is 6.16. The second-order valence-electron chi connectivity index (χ2n) is 10.6. The first-order valence-corrected chi connectivity index (χ1v) is 13.7. The highest BCUT2D eigenvalue weighted by Gasteiger charge is 2.38. The number of ether oxygens (including phenoxy) is 3. The lowest BCUT2D eigenvalue weighted by atomic mass is 9.95. The van der Waals surface area contributed by atoms with Crippen LogP contribution in [0.4, 0.5) is 10.1 Å². The van der Waals surface area contributed by atoms with Gasteiger partial charge >= 0.3 is 5.69 Å². The van der Waals surface area contributed by atoms with Gasteiger partial charge in [0, 0.05) is 32.5 Å². The minimum atomic E-state index is -0.903. The number of hydrogen-bond acceptors (Lipinski definition) is 7. The number of piperidine rings is 2. The molecule has 0 aliphatic carbocycles. The Balaban J connectivity index is 1.27. The molecule has 3 fully saturated rings. The average molecular weight is 553 g/mol. The van der Waals surface area contributed by atoms with Crippen LogP contribution in [0.15, 0.2) is 41.2 Å². The lowest BCUT2D eigenvalue weighted by Crippen LogP contribution is -2.47. The van der Waals surface area contributed by atoms with E-state index in [4.69, 9.17) is 14.2 Å². The number of benzene rings is 2. The number of methoxy groups -OCH3 is 1. The zero-order valence-corrected chi connectivity index (χ0v) is 22.7. The van der Waals surface area contributed by atoms with Crippen LogP contribution in [0.3, 0.4) is 0 Å². The summed E-state index contributed by atoms with van der Waals surface area (Å²) in [5, 5.41) is 0. The minimum absolute atomic E-state index is 0.0864. The molecule has 0 spiro atoms. The molecule has 6 rings (SSSR count). The van der Waals surface area contributed by atoms with Crippen molar-refractivity contribution < 1.29 is 28.2 Å². The molecule has 3 aliphatic rings. The molecule has 40 heavy (non-hydrogen) atoms. The van der Waals surface area contributed by atoms with Gasteiger partial charge in [-0.05, 0) is 49.1 Å². The largest absolute Gasteiger partial charge is 0.497 e. The Morgan fingerprint density at radius 3 is 2.35 bits per heavy atom. The summed E-state index contributed by atoms with van der Waals surface area (Å²) < 4.78 is 35.1. The average Bonchev–Trinajstić information content (AvgIpc) is 3.60. The second kappa shape index (κ2) is 10.7. The number of hydrogen-bond donors (Lipinski definition) is 0. The molecule has 2 aromatic carbocycles. The number of fused-ring (bicyclic) bond motifs is 1. The number of anilines is 1. The van der Waals surface area contributed by atoms with E-state index in [-0.39, 0.29) is 43.0 Å². The van der Waals surface area contributed by atoms with E-state index in [1.165, 1.54) is 21.1 Å². The molecule has 0 radical (unpaired) electrons. The summed E-state index contributed by atoms with van der Waals surface area (Å²) in [6, 6.07) is 9.60. The third kappa shape index (κ3) is 4.56. The Kier molecular flexibility index (Phi) is 7.09. The summed E-state index contributed by atoms with van der Waals surface area (Å²) >= 11 is 0. The van der Waals surface area contributed by atoms with E-state index in [0.29, 0.717) is 43.3 Å². The van der Waals surface area contributed by atoms with Gasteiger partial charge in [0.1, 0.15) is 17.3 Å². The molecule has 1 aromatic heterocycles. The number of halogens is 1. The number of aryl methyl sites for hydroxylation is 1. The molecule has 1 unspecified atom stereocenters. The van der Waals surface area contributed by atoms with Crippen LogP contribution < -0.4 is 15.3 Å². The minimum Gasteiger partial charge on any atom is -0.497 e.